The Balaban J connectivity index is 1.93. The summed E-state index contributed by atoms with van der Waals surface area (Å²) in [6.45, 7) is 2.81. The molecule has 1 N–H and O–H groups in total. The molecule has 0 heterocycles. The summed E-state index contributed by atoms with van der Waals surface area (Å²) < 4.78 is 29.5. The standard InChI is InChI=1S/C17H20N2O3S/c1-2-3-13-22-16-11-9-15(10-12-16)14-18-19-23(20,21)17-7-5-4-6-8-17/h4-12,14,19H,2-3,13H2,1H3/b18-14+. The van der Waals surface area contributed by atoms with Crippen molar-refractivity contribution >= 4 is 16.2 Å². The van der Waals surface area contributed by atoms with Crippen molar-refractivity contribution in [3.8, 4) is 5.75 Å². The molecule has 0 aliphatic heterocycles. The van der Waals surface area contributed by atoms with Crippen LogP contribution in [-0.4, -0.2) is 21.2 Å². The average Bonchev–Trinajstić information content (AvgIpc) is 2.57. The van der Waals surface area contributed by atoms with Crippen LogP contribution in [0.3, 0.4) is 0 Å². The molecule has 6 heteroatoms. The second-order valence-electron chi connectivity index (χ2n) is 4.94. The second-order valence-corrected chi connectivity index (χ2v) is 6.60. The molecule has 0 radical (unpaired) electrons. The first-order chi connectivity index (χ1) is 11.1. The van der Waals surface area contributed by atoms with Crippen molar-refractivity contribution in [2.75, 3.05) is 6.61 Å². The number of hydrazone groups is 1. The smallest absolute Gasteiger partial charge is 0.276 e. The van der Waals surface area contributed by atoms with Gasteiger partial charge in [0, 0.05) is 0 Å². The van der Waals surface area contributed by atoms with Gasteiger partial charge in [0.1, 0.15) is 5.75 Å². The maximum Gasteiger partial charge on any atom is 0.276 e. The molecule has 0 spiro atoms. The Bertz CT molecular complexity index is 726. The van der Waals surface area contributed by atoms with Crippen LogP contribution in [0.4, 0.5) is 0 Å². The van der Waals surface area contributed by atoms with E-state index in [2.05, 4.69) is 16.9 Å². The van der Waals surface area contributed by atoms with Crippen molar-refractivity contribution in [2.45, 2.75) is 24.7 Å². The number of hydrogen-bond acceptors (Lipinski definition) is 4. The highest BCUT2D eigenvalue weighted by atomic mass is 32.2. The molecule has 0 fully saturated rings. The van der Waals surface area contributed by atoms with Crippen LogP contribution in [0, 0.1) is 0 Å². The molecule has 2 rings (SSSR count). The van der Waals surface area contributed by atoms with Gasteiger partial charge < -0.3 is 4.74 Å². The minimum Gasteiger partial charge on any atom is -0.494 e. The molecule has 5 nitrogen and oxygen atoms in total. The Kier molecular flexibility index (Phi) is 6.17. The van der Waals surface area contributed by atoms with Gasteiger partial charge in [0.2, 0.25) is 0 Å². The SMILES string of the molecule is CCCCOc1ccc(/C=N/NS(=O)(=O)c2ccccc2)cc1. The van der Waals surface area contributed by atoms with E-state index in [0.717, 1.165) is 24.2 Å². The summed E-state index contributed by atoms with van der Waals surface area (Å²) in [5, 5.41) is 3.79. The Morgan fingerprint density at radius 3 is 2.43 bits per heavy atom. The number of hydrogen-bond donors (Lipinski definition) is 1. The molecule has 122 valence electrons. The van der Waals surface area contributed by atoms with Gasteiger partial charge in [-0.25, -0.2) is 4.83 Å². The van der Waals surface area contributed by atoms with Crippen molar-refractivity contribution in [3.63, 3.8) is 0 Å². The predicted molar refractivity (Wildman–Crippen MR) is 91.2 cm³/mol. The molecule has 0 aromatic heterocycles. The molecule has 0 saturated carbocycles. The maximum atomic E-state index is 12.0. The number of benzene rings is 2. The van der Waals surface area contributed by atoms with Crippen LogP contribution in [0.5, 0.6) is 5.75 Å². The molecule has 0 atom stereocenters. The Morgan fingerprint density at radius 2 is 1.78 bits per heavy atom. The van der Waals surface area contributed by atoms with E-state index in [0.29, 0.717) is 6.61 Å². The molecule has 23 heavy (non-hydrogen) atoms. The highest BCUT2D eigenvalue weighted by Gasteiger charge is 2.10. The number of ether oxygens (including phenoxy) is 1. The fourth-order valence-corrected chi connectivity index (χ4v) is 2.62. The molecule has 0 aliphatic carbocycles. The predicted octanol–water partition coefficient (Wildman–Crippen LogP) is 3.18. The molecular weight excluding hydrogens is 312 g/mol. The minimum atomic E-state index is -3.63. The fourth-order valence-electron chi connectivity index (χ4n) is 1.81. The zero-order valence-corrected chi connectivity index (χ0v) is 13.8. The monoisotopic (exact) mass is 332 g/mol. The van der Waals surface area contributed by atoms with Crippen molar-refractivity contribution in [3.05, 3.63) is 60.2 Å². The molecule has 2 aromatic rings. The van der Waals surface area contributed by atoms with Gasteiger partial charge in [0.15, 0.2) is 0 Å². The highest BCUT2D eigenvalue weighted by molar-refractivity contribution is 7.89. The van der Waals surface area contributed by atoms with Crippen LogP contribution in [0.2, 0.25) is 0 Å². The lowest BCUT2D eigenvalue weighted by molar-refractivity contribution is 0.309. The molecule has 0 unspecified atom stereocenters. The largest absolute Gasteiger partial charge is 0.494 e. The molecule has 0 amide bonds. The van der Waals surface area contributed by atoms with Crippen molar-refractivity contribution < 1.29 is 13.2 Å². The summed E-state index contributed by atoms with van der Waals surface area (Å²) in [5.41, 5.74) is 0.781. The fraction of sp³-hybridized carbons (Fsp3) is 0.235. The van der Waals surface area contributed by atoms with Gasteiger partial charge in [-0.15, -0.1) is 0 Å². The lowest BCUT2D eigenvalue weighted by Gasteiger charge is -2.05. The topological polar surface area (TPSA) is 67.8 Å². The summed E-state index contributed by atoms with van der Waals surface area (Å²) in [4.78, 5) is 2.37. The third-order valence-corrected chi connectivity index (χ3v) is 4.33. The van der Waals surface area contributed by atoms with Crippen LogP contribution in [-0.2, 0) is 10.0 Å². The van der Waals surface area contributed by atoms with Gasteiger partial charge in [-0.1, -0.05) is 31.5 Å². The van der Waals surface area contributed by atoms with Crippen LogP contribution in [0.15, 0.2) is 64.6 Å². The second kappa shape index (κ2) is 8.33. The number of sulfonamides is 1. The third-order valence-electron chi connectivity index (χ3n) is 3.09. The van der Waals surface area contributed by atoms with Crippen LogP contribution < -0.4 is 9.57 Å². The van der Waals surface area contributed by atoms with E-state index in [9.17, 15) is 8.42 Å². The Hall–Kier alpha value is -2.34. The van der Waals surface area contributed by atoms with Crippen molar-refractivity contribution in [1.82, 2.24) is 4.83 Å². The number of nitrogens with one attached hydrogen (secondary N) is 1. The summed E-state index contributed by atoms with van der Waals surface area (Å²) in [7, 11) is -3.63. The number of unbranched alkanes of at least 4 members (excludes halogenated alkanes) is 1. The van der Waals surface area contributed by atoms with Crippen LogP contribution in [0.25, 0.3) is 0 Å². The van der Waals surface area contributed by atoms with Crippen molar-refractivity contribution in [2.24, 2.45) is 5.10 Å². The Labute approximate surface area is 137 Å². The zero-order chi connectivity index (χ0) is 16.5. The van der Waals surface area contributed by atoms with E-state index < -0.39 is 10.0 Å². The molecule has 2 aromatic carbocycles. The lowest BCUT2D eigenvalue weighted by Crippen LogP contribution is -2.18. The minimum absolute atomic E-state index is 0.178. The zero-order valence-electron chi connectivity index (χ0n) is 13.0. The normalized spacial score (nSPS) is 11.5. The van der Waals surface area contributed by atoms with Crippen LogP contribution >= 0.6 is 0 Å². The van der Waals surface area contributed by atoms with E-state index in [4.69, 9.17) is 4.74 Å². The molecule has 0 bridgehead atoms. The summed E-state index contributed by atoms with van der Waals surface area (Å²) in [6, 6.07) is 15.4. The van der Waals surface area contributed by atoms with Gasteiger partial charge >= 0.3 is 0 Å². The lowest BCUT2D eigenvalue weighted by atomic mass is 10.2. The van der Waals surface area contributed by atoms with Gasteiger partial charge in [-0.2, -0.15) is 13.5 Å². The molecule has 0 aliphatic rings. The van der Waals surface area contributed by atoms with Crippen LogP contribution in [0.1, 0.15) is 25.3 Å². The third kappa shape index (κ3) is 5.41. The maximum absolute atomic E-state index is 12.0. The highest BCUT2D eigenvalue weighted by Crippen LogP contribution is 2.12. The first-order valence-corrected chi connectivity index (χ1v) is 8.93. The van der Waals surface area contributed by atoms with Gasteiger partial charge in [0.25, 0.3) is 10.0 Å². The van der Waals surface area contributed by atoms with E-state index in [-0.39, 0.29) is 4.90 Å². The van der Waals surface area contributed by atoms with Gasteiger partial charge in [-0.05, 0) is 48.4 Å². The average molecular weight is 332 g/mol. The number of nitrogens with zero attached hydrogens (tertiary/aromatic N) is 1. The van der Waals surface area contributed by atoms with E-state index in [1.165, 1.54) is 18.3 Å². The van der Waals surface area contributed by atoms with E-state index in [1.807, 2.05) is 24.3 Å². The van der Waals surface area contributed by atoms with E-state index in [1.54, 1.807) is 18.2 Å². The molecule has 0 saturated heterocycles. The van der Waals surface area contributed by atoms with Gasteiger partial charge in [-0.3, -0.25) is 0 Å². The van der Waals surface area contributed by atoms with E-state index >= 15 is 0 Å². The quantitative estimate of drug-likeness (QED) is 0.459. The van der Waals surface area contributed by atoms with Crippen molar-refractivity contribution in [1.29, 1.82) is 0 Å². The summed E-state index contributed by atoms with van der Waals surface area (Å²) in [5.74, 6) is 0.792. The van der Waals surface area contributed by atoms with Gasteiger partial charge in [0.05, 0.1) is 17.7 Å². The number of rotatable bonds is 8. The Morgan fingerprint density at radius 1 is 1.09 bits per heavy atom. The summed E-state index contributed by atoms with van der Waals surface area (Å²) in [6.07, 6.45) is 3.56. The summed E-state index contributed by atoms with van der Waals surface area (Å²) >= 11 is 0. The first-order valence-electron chi connectivity index (χ1n) is 7.44. The molecular formula is C17H20N2O3S. The first kappa shape index (κ1) is 17.0.